The van der Waals surface area contributed by atoms with Crippen LogP contribution in [0, 0.1) is 0 Å². The van der Waals surface area contributed by atoms with E-state index < -0.39 is 12.0 Å². The number of esters is 1. The Morgan fingerprint density at radius 2 is 1.94 bits per heavy atom. The summed E-state index contributed by atoms with van der Waals surface area (Å²) >= 11 is 2.66. The van der Waals surface area contributed by atoms with Crippen LogP contribution in [0.4, 0.5) is 5.69 Å². The van der Waals surface area contributed by atoms with Gasteiger partial charge >= 0.3 is 5.97 Å². The molecule has 2 aliphatic rings. The van der Waals surface area contributed by atoms with Crippen molar-refractivity contribution in [2.45, 2.75) is 39.7 Å². The van der Waals surface area contributed by atoms with Gasteiger partial charge < -0.3 is 9.64 Å². The van der Waals surface area contributed by atoms with E-state index in [1.807, 2.05) is 41.8 Å². The molecule has 180 valence electrons. The Morgan fingerprint density at radius 1 is 1.14 bits per heavy atom. The predicted octanol–water partition coefficient (Wildman–Crippen LogP) is 3.38. The quantitative estimate of drug-likeness (QED) is 0.479. The minimum absolute atomic E-state index is 0.168. The fourth-order valence-corrected chi connectivity index (χ4v) is 6.56. The van der Waals surface area contributed by atoms with E-state index in [-0.39, 0.29) is 18.1 Å². The van der Waals surface area contributed by atoms with E-state index in [4.69, 9.17) is 4.74 Å². The van der Waals surface area contributed by atoms with E-state index >= 15 is 0 Å². The Bertz CT molecular complexity index is 1530. The number of hydrogen-bond donors (Lipinski definition) is 0. The lowest BCUT2D eigenvalue weighted by Crippen LogP contribution is -2.40. The van der Waals surface area contributed by atoms with Crippen molar-refractivity contribution < 1.29 is 14.3 Å². The molecule has 3 aromatic rings. The number of rotatable bonds is 6. The van der Waals surface area contributed by atoms with Crippen molar-refractivity contribution in [3.8, 4) is 0 Å². The van der Waals surface area contributed by atoms with Crippen LogP contribution in [0.2, 0.25) is 0 Å². The van der Waals surface area contributed by atoms with Crippen LogP contribution in [0.5, 0.6) is 0 Å². The van der Waals surface area contributed by atoms with Crippen molar-refractivity contribution in [2.24, 2.45) is 4.99 Å². The number of ether oxygens (including phenoxy) is 1. The average molecular weight is 508 g/mol. The normalized spacial score (nSPS) is 18.4. The van der Waals surface area contributed by atoms with Crippen molar-refractivity contribution in [1.82, 2.24) is 4.57 Å². The second-order valence-corrected chi connectivity index (χ2v) is 10.3. The number of allylic oxidation sites excluding steroid dienone is 1. The van der Waals surface area contributed by atoms with Crippen molar-refractivity contribution in [2.75, 3.05) is 18.1 Å². The topological polar surface area (TPSA) is 81.0 Å². The Hall–Kier alpha value is -3.30. The number of aromatic nitrogens is 1. The standard InChI is InChI=1S/C26H25N3O4S2/c1-4-6-13-28-17-11-8-7-10-16(17)20(23(28)30)22-24(31)29-21(18-12-9-14-34-18)19(25(32)33-5-2)15(3)27-26(29)35-22/h7-12,14,21H,4-6,13H2,1-3H3/b22-20+/t21-/m0/s1. The third-order valence-corrected chi connectivity index (χ3v) is 8.17. The number of thiophene rings is 1. The maximum absolute atomic E-state index is 14.0. The van der Waals surface area contributed by atoms with Gasteiger partial charge in [-0.2, -0.15) is 0 Å². The zero-order valence-corrected chi connectivity index (χ0v) is 21.4. The number of nitrogens with zero attached hydrogens (tertiary/aromatic N) is 3. The lowest BCUT2D eigenvalue weighted by atomic mass is 10.0. The second-order valence-electron chi connectivity index (χ2n) is 8.34. The van der Waals surface area contributed by atoms with Gasteiger partial charge in [0.05, 0.1) is 29.1 Å². The summed E-state index contributed by atoms with van der Waals surface area (Å²) in [5.41, 5.74) is 2.53. The zero-order chi connectivity index (χ0) is 24.7. The third kappa shape index (κ3) is 3.79. The number of carbonyl (C=O) groups is 2. The van der Waals surface area contributed by atoms with Crippen molar-refractivity contribution in [3.05, 3.63) is 83.2 Å². The van der Waals surface area contributed by atoms with E-state index in [0.717, 1.165) is 29.0 Å². The summed E-state index contributed by atoms with van der Waals surface area (Å²) in [7, 11) is 0. The molecule has 7 nitrogen and oxygen atoms in total. The number of anilines is 1. The number of thiazole rings is 1. The van der Waals surface area contributed by atoms with Crippen LogP contribution in [-0.4, -0.2) is 29.6 Å². The fraction of sp³-hybridized carbons (Fsp3) is 0.308. The second kappa shape index (κ2) is 9.39. The molecule has 0 unspecified atom stereocenters. The van der Waals surface area contributed by atoms with Gasteiger partial charge in [0, 0.05) is 17.0 Å². The lowest BCUT2D eigenvalue weighted by Gasteiger charge is -2.23. The molecule has 0 aliphatic carbocycles. The van der Waals surface area contributed by atoms with Crippen LogP contribution >= 0.6 is 22.7 Å². The van der Waals surface area contributed by atoms with E-state index in [0.29, 0.717) is 32.7 Å². The van der Waals surface area contributed by atoms with Gasteiger partial charge in [-0.25, -0.2) is 9.79 Å². The van der Waals surface area contributed by atoms with Crippen molar-refractivity contribution in [3.63, 3.8) is 0 Å². The highest BCUT2D eigenvalue weighted by Crippen LogP contribution is 2.36. The largest absolute Gasteiger partial charge is 0.463 e. The van der Waals surface area contributed by atoms with Crippen LogP contribution in [0.3, 0.4) is 0 Å². The molecule has 9 heteroatoms. The summed E-state index contributed by atoms with van der Waals surface area (Å²) in [5.74, 6) is -0.656. The average Bonchev–Trinajstić information content (AvgIpc) is 3.54. The van der Waals surface area contributed by atoms with Gasteiger partial charge in [0.1, 0.15) is 10.6 Å². The molecule has 35 heavy (non-hydrogen) atoms. The van der Waals surface area contributed by atoms with Crippen molar-refractivity contribution >= 4 is 45.8 Å². The van der Waals surface area contributed by atoms with Gasteiger partial charge in [-0.1, -0.05) is 48.9 Å². The molecule has 0 saturated carbocycles. The van der Waals surface area contributed by atoms with Gasteiger partial charge in [-0.05, 0) is 37.8 Å². The summed E-state index contributed by atoms with van der Waals surface area (Å²) in [4.78, 5) is 48.2. The van der Waals surface area contributed by atoms with E-state index in [1.165, 1.54) is 22.7 Å². The van der Waals surface area contributed by atoms with Crippen LogP contribution in [0.1, 0.15) is 50.1 Å². The molecule has 2 aromatic heterocycles. The molecular formula is C26H25N3O4S2. The van der Waals surface area contributed by atoms with Crippen LogP contribution in [0.25, 0.3) is 5.57 Å². The molecule has 0 fully saturated rings. The van der Waals surface area contributed by atoms with E-state index in [2.05, 4.69) is 11.9 Å². The first kappa shape index (κ1) is 23.4. The summed E-state index contributed by atoms with van der Waals surface area (Å²) in [6.07, 6.45) is 1.83. The van der Waals surface area contributed by atoms with Gasteiger partial charge in [0.25, 0.3) is 11.5 Å². The molecule has 1 atom stereocenters. The van der Waals surface area contributed by atoms with Crippen LogP contribution in [0.15, 0.2) is 62.8 Å². The third-order valence-electron chi connectivity index (χ3n) is 6.19. The molecule has 1 aromatic carbocycles. The Balaban J connectivity index is 1.77. The van der Waals surface area contributed by atoms with Gasteiger partial charge in [-0.3, -0.25) is 14.2 Å². The fourth-order valence-electron chi connectivity index (χ4n) is 4.60. The first-order valence-electron chi connectivity index (χ1n) is 11.6. The number of fused-ring (bicyclic) bond motifs is 2. The first-order chi connectivity index (χ1) is 17.0. The summed E-state index contributed by atoms with van der Waals surface area (Å²) in [5, 5.41) is 1.91. The summed E-state index contributed by atoms with van der Waals surface area (Å²) < 4.78 is 7.22. The zero-order valence-electron chi connectivity index (χ0n) is 19.7. The molecule has 5 rings (SSSR count). The number of benzene rings is 1. The monoisotopic (exact) mass is 507 g/mol. The first-order valence-corrected chi connectivity index (χ1v) is 13.3. The highest BCUT2D eigenvalue weighted by molar-refractivity contribution is 7.10. The molecule has 4 heterocycles. The maximum Gasteiger partial charge on any atom is 0.338 e. The number of para-hydroxylation sites is 1. The number of hydrogen-bond acceptors (Lipinski definition) is 7. The van der Waals surface area contributed by atoms with Gasteiger partial charge in [0.15, 0.2) is 4.80 Å². The minimum atomic E-state index is -0.650. The molecule has 0 radical (unpaired) electrons. The van der Waals surface area contributed by atoms with Gasteiger partial charge in [-0.15, -0.1) is 11.3 Å². The SMILES string of the molecule is CCCCN1C(=O)/C(=c2/sc3n(c2=O)[C@@H](c2cccs2)C(C(=O)OCC)=C(C)N=3)c2ccccc21. The minimum Gasteiger partial charge on any atom is -0.463 e. The molecule has 0 bridgehead atoms. The predicted molar refractivity (Wildman–Crippen MR) is 137 cm³/mol. The van der Waals surface area contributed by atoms with Crippen LogP contribution in [-0.2, 0) is 14.3 Å². The molecule has 0 spiro atoms. The van der Waals surface area contributed by atoms with E-state index in [9.17, 15) is 14.4 Å². The number of amides is 1. The van der Waals surface area contributed by atoms with Crippen LogP contribution < -0.4 is 19.8 Å². The Labute approximate surface area is 210 Å². The number of unbranched alkanes of at least 4 members (excludes halogenated alkanes) is 1. The van der Waals surface area contributed by atoms with E-state index in [1.54, 1.807) is 23.3 Å². The Kier molecular flexibility index (Phi) is 6.29. The molecule has 1 amide bonds. The summed E-state index contributed by atoms with van der Waals surface area (Å²) in [6, 6.07) is 10.7. The number of carbonyl (C=O) groups excluding carboxylic acids is 2. The maximum atomic E-state index is 14.0. The molecular weight excluding hydrogens is 482 g/mol. The lowest BCUT2D eigenvalue weighted by molar-refractivity contribution is -0.139. The highest BCUT2D eigenvalue weighted by atomic mass is 32.1. The smallest absolute Gasteiger partial charge is 0.338 e. The molecule has 0 N–H and O–H groups in total. The molecule has 0 saturated heterocycles. The molecule has 2 aliphatic heterocycles. The van der Waals surface area contributed by atoms with Gasteiger partial charge in [0.2, 0.25) is 0 Å². The summed E-state index contributed by atoms with van der Waals surface area (Å²) in [6.45, 7) is 6.41. The van der Waals surface area contributed by atoms with Crippen molar-refractivity contribution in [1.29, 1.82) is 0 Å². The highest BCUT2D eigenvalue weighted by Gasteiger charge is 2.37. The Morgan fingerprint density at radius 3 is 2.66 bits per heavy atom.